The fourth-order valence-corrected chi connectivity index (χ4v) is 2.72. The van der Waals surface area contributed by atoms with Crippen molar-refractivity contribution in [1.29, 1.82) is 0 Å². The maximum Gasteiger partial charge on any atom is 0.312 e. The van der Waals surface area contributed by atoms with E-state index in [-0.39, 0.29) is 29.6 Å². The number of Topliss-reactive ketones (excluding diaryl/α,β-unsaturated/α-hetero) is 1. The summed E-state index contributed by atoms with van der Waals surface area (Å²) in [5.41, 5.74) is 5.01. The molecule has 0 rings (SSSR count). The van der Waals surface area contributed by atoms with Crippen LogP contribution in [-0.2, 0) is 9.59 Å². The lowest BCUT2D eigenvalue weighted by Gasteiger charge is -2.25. The second-order valence-corrected chi connectivity index (χ2v) is 6.74. The summed E-state index contributed by atoms with van der Waals surface area (Å²) in [4.78, 5) is 35.4. The van der Waals surface area contributed by atoms with E-state index in [9.17, 15) is 14.4 Å². The van der Waals surface area contributed by atoms with Gasteiger partial charge in [0.25, 0.3) is 0 Å². The molecule has 0 unspecified atom stereocenters. The van der Waals surface area contributed by atoms with Crippen LogP contribution in [0.15, 0.2) is 0 Å². The number of hydrogen-bond donors (Lipinski definition) is 4. The normalized spacial score (nSPS) is 13.7. The molecule has 0 saturated carbocycles. The summed E-state index contributed by atoms with van der Waals surface area (Å²) in [6, 6.07) is -1.51. The maximum atomic E-state index is 12.4. The van der Waals surface area contributed by atoms with E-state index in [4.69, 9.17) is 5.73 Å². The fraction of sp³-hybridized carbons (Fsp3) is 0.800. The highest BCUT2D eigenvalue weighted by molar-refractivity contribution is 7.96. The molecule has 7 nitrogen and oxygen atoms in total. The summed E-state index contributed by atoms with van der Waals surface area (Å²) in [5, 5.41) is 5.33. The number of carbonyl (C=O) groups is 3. The second kappa shape index (κ2) is 11.3. The third-order valence-electron chi connectivity index (χ3n) is 3.39. The Bertz CT molecular complexity index is 402. The molecule has 0 bridgehead atoms. The molecular weight excluding hydrogens is 316 g/mol. The molecule has 0 aromatic carbocycles. The van der Waals surface area contributed by atoms with Gasteiger partial charge in [-0.2, -0.15) is 0 Å². The fourth-order valence-electron chi connectivity index (χ4n) is 2.09. The average Bonchev–Trinajstić information content (AvgIpc) is 2.46. The number of amides is 3. The Hall–Kier alpha value is -1.28. The zero-order chi connectivity index (χ0) is 18.0. The van der Waals surface area contributed by atoms with Crippen molar-refractivity contribution in [3.8, 4) is 0 Å². The van der Waals surface area contributed by atoms with Crippen LogP contribution in [0.25, 0.3) is 0 Å². The molecule has 0 heterocycles. The van der Waals surface area contributed by atoms with Gasteiger partial charge in [0.1, 0.15) is 0 Å². The van der Waals surface area contributed by atoms with E-state index in [0.717, 1.165) is 0 Å². The van der Waals surface area contributed by atoms with Crippen LogP contribution in [-0.4, -0.2) is 42.6 Å². The van der Waals surface area contributed by atoms with Crippen LogP contribution in [0.2, 0.25) is 0 Å². The molecule has 0 aliphatic rings. The first-order chi connectivity index (χ1) is 10.7. The van der Waals surface area contributed by atoms with Gasteiger partial charge in [0.05, 0.1) is 12.1 Å². The molecule has 0 aromatic rings. The van der Waals surface area contributed by atoms with Gasteiger partial charge in [-0.1, -0.05) is 39.6 Å². The average molecular weight is 346 g/mol. The van der Waals surface area contributed by atoms with Gasteiger partial charge in [-0.05, 0) is 25.0 Å². The highest BCUT2D eigenvalue weighted by Gasteiger charge is 2.28. The van der Waals surface area contributed by atoms with Crippen LogP contribution in [0.3, 0.4) is 0 Å². The Balaban J connectivity index is 4.76. The molecule has 0 aliphatic carbocycles. The Kier molecular flexibility index (Phi) is 10.7. The van der Waals surface area contributed by atoms with Crippen LogP contribution in [0.4, 0.5) is 4.79 Å². The standard InChI is InChI=1S/C15H30N4O3S/c1-9(2)12(19-23-5)14(21)18-11(13(20)10(3)4)7-6-8-17-15(16)22/h9-12,19H,6-8H2,1-5H3,(H,18,21)(H3,16,17,22)/t11-,12-/m0/s1. The minimum atomic E-state index is -0.593. The summed E-state index contributed by atoms with van der Waals surface area (Å²) in [5.74, 6) is -0.260. The summed E-state index contributed by atoms with van der Waals surface area (Å²) in [7, 11) is 0. The molecule has 23 heavy (non-hydrogen) atoms. The van der Waals surface area contributed by atoms with Gasteiger partial charge in [0, 0.05) is 12.5 Å². The number of hydrogen-bond acceptors (Lipinski definition) is 5. The first kappa shape index (κ1) is 21.7. The molecule has 2 atom stereocenters. The molecule has 0 spiro atoms. The van der Waals surface area contributed by atoms with Crippen molar-refractivity contribution in [2.75, 3.05) is 12.8 Å². The van der Waals surface area contributed by atoms with Crippen molar-refractivity contribution in [2.45, 2.75) is 52.6 Å². The minimum Gasteiger partial charge on any atom is -0.352 e. The van der Waals surface area contributed by atoms with Crippen molar-refractivity contribution in [3.05, 3.63) is 0 Å². The van der Waals surface area contributed by atoms with E-state index in [1.54, 1.807) is 0 Å². The van der Waals surface area contributed by atoms with Gasteiger partial charge in [-0.3, -0.25) is 14.3 Å². The Morgan fingerprint density at radius 2 is 1.74 bits per heavy atom. The lowest BCUT2D eigenvalue weighted by Crippen LogP contribution is -2.51. The molecule has 134 valence electrons. The Morgan fingerprint density at radius 1 is 1.13 bits per heavy atom. The van der Waals surface area contributed by atoms with E-state index in [1.165, 1.54) is 11.9 Å². The number of ketones is 1. The number of nitrogens with one attached hydrogen (secondary N) is 3. The summed E-state index contributed by atoms with van der Waals surface area (Å²) in [6.07, 6.45) is 2.89. The predicted molar refractivity (Wildman–Crippen MR) is 93.9 cm³/mol. The van der Waals surface area contributed by atoms with Crippen LogP contribution >= 0.6 is 11.9 Å². The minimum absolute atomic E-state index is 0.0101. The van der Waals surface area contributed by atoms with Crippen LogP contribution < -0.4 is 21.1 Å². The topological polar surface area (TPSA) is 113 Å². The van der Waals surface area contributed by atoms with Gasteiger partial charge in [0.2, 0.25) is 5.91 Å². The first-order valence-corrected chi connectivity index (χ1v) is 9.09. The zero-order valence-electron chi connectivity index (χ0n) is 14.6. The van der Waals surface area contributed by atoms with Gasteiger partial charge < -0.3 is 16.4 Å². The van der Waals surface area contributed by atoms with Gasteiger partial charge in [-0.15, -0.1) is 0 Å². The molecular formula is C15H30N4O3S. The van der Waals surface area contributed by atoms with Crippen molar-refractivity contribution in [1.82, 2.24) is 15.4 Å². The molecule has 0 aliphatic heterocycles. The third-order valence-corrected chi connectivity index (χ3v) is 3.88. The van der Waals surface area contributed by atoms with E-state index < -0.39 is 12.1 Å². The first-order valence-electron chi connectivity index (χ1n) is 7.86. The molecule has 0 fully saturated rings. The van der Waals surface area contributed by atoms with E-state index in [0.29, 0.717) is 19.4 Å². The predicted octanol–water partition coefficient (Wildman–Crippen LogP) is 1.04. The maximum absolute atomic E-state index is 12.4. The lowest BCUT2D eigenvalue weighted by atomic mass is 9.96. The van der Waals surface area contributed by atoms with Crippen LogP contribution in [0, 0.1) is 11.8 Å². The smallest absolute Gasteiger partial charge is 0.312 e. The van der Waals surface area contributed by atoms with Gasteiger partial charge in [0.15, 0.2) is 5.78 Å². The summed E-state index contributed by atoms with van der Waals surface area (Å²) in [6.45, 7) is 7.89. The number of rotatable bonds is 11. The lowest BCUT2D eigenvalue weighted by molar-refractivity contribution is -0.130. The summed E-state index contributed by atoms with van der Waals surface area (Å²) >= 11 is 1.38. The van der Waals surface area contributed by atoms with E-state index >= 15 is 0 Å². The largest absolute Gasteiger partial charge is 0.352 e. The number of primary amides is 1. The highest BCUT2D eigenvalue weighted by Crippen LogP contribution is 2.10. The molecule has 8 heteroatoms. The van der Waals surface area contributed by atoms with Crippen molar-refractivity contribution in [3.63, 3.8) is 0 Å². The molecule has 5 N–H and O–H groups in total. The number of carbonyl (C=O) groups excluding carboxylic acids is 3. The van der Waals surface area contributed by atoms with Crippen LogP contribution in [0.1, 0.15) is 40.5 Å². The summed E-state index contributed by atoms with van der Waals surface area (Å²) < 4.78 is 3.06. The van der Waals surface area contributed by atoms with Gasteiger partial charge >= 0.3 is 6.03 Å². The SMILES string of the molecule is CSN[C@H](C(=O)N[C@@H](CCCNC(N)=O)C(=O)C(C)C)C(C)C. The van der Waals surface area contributed by atoms with Crippen LogP contribution in [0.5, 0.6) is 0 Å². The second-order valence-electron chi connectivity index (χ2n) is 6.10. The van der Waals surface area contributed by atoms with Crippen molar-refractivity contribution in [2.24, 2.45) is 17.6 Å². The van der Waals surface area contributed by atoms with E-state index in [1.807, 2.05) is 34.0 Å². The molecule has 0 radical (unpaired) electrons. The Labute approximate surface area is 143 Å². The molecule has 3 amide bonds. The van der Waals surface area contributed by atoms with Crippen molar-refractivity contribution >= 4 is 29.7 Å². The van der Waals surface area contributed by atoms with Crippen molar-refractivity contribution < 1.29 is 14.4 Å². The third kappa shape index (κ3) is 8.80. The Morgan fingerprint density at radius 3 is 2.17 bits per heavy atom. The van der Waals surface area contributed by atoms with E-state index in [2.05, 4.69) is 15.4 Å². The molecule has 0 aromatic heterocycles. The van der Waals surface area contributed by atoms with Gasteiger partial charge in [-0.25, -0.2) is 4.79 Å². The zero-order valence-corrected chi connectivity index (χ0v) is 15.5. The highest BCUT2D eigenvalue weighted by atomic mass is 32.2. The number of urea groups is 1. The number of nitrogens with two attached hydrogens (primary N) is 1. The molecule has 0 saturated heterocycles. The quantitative estimate of drug-likeness (QED) is 0.330. The monoisotopic (exact) mass is 346 g/mol.